The largest absolute Gasteiger partial charge is 0.383 e. The number of hydrogen-bond acceptors (Lipinski definition) is 4. The fraction of sp³-hybridized carbons (Fsp3) is 0.278. The summed E-state index contributed by atoms with van der Waals surface area (Å²) in [6, 6.07) is 9.28. The lowest BCUT2D eigenvalue weighted by Gasteiger charge is -2.12. The molecule has 8 heteroatoms. The second-order valence-electron chi connectivity index (χ2n) is 5.79. The number of methoxy groups -OCH3 is 1. The van der Waals surface area contributed by atoms with Crippen LogP contribution >= 0.6 is 11.6 Å². The van der Waals surface area contributed by atoms with Gasteiger partial charge in [-0.05, 0) is 55.3 Å². The predicted octanol–water partition coefficient (Wildman–Crippen LogP) is 3.13. The molecular weight excluding hydrogens is 376 g/mol. The van der Waals surface area contributed by atoms with Gasteiger partial charge < -0.3 is 10.1 Å². The molecule has 2 N–H and O–H groups in total. The Morgan fingerprint density at radius 1 is 1.12 bits per heavy atom. The Labute approximate surface area is 158 Å². The van der Waals surface area contributed by atoms with E-state index in [2.05, 4.69) is 10.0 Å². The summed E-state index contributed by atoms with van der Waals surface area (Å²) in [4.78, 5) is 12.1. The molecule has 0 aliphatic rings. The third-order valence-corrected chi connectivity index (χ3v) is 5.55. The lowest BCUT2D eigenvalue weighted by molar-refractivity contribution is 0.0937. The van der Waals surface area contributed by atoms with Gasteiger partial charge >= 0.3 is 0 Å². The third kappa shape index (κ3) is 4.97. The molecule has 0 spiro atoms. The van der Waals surface area contributed by atoms with Crippen molar-refractivity contribution in [3.63, 3.8) is 0 Å². The molecule has 140 valence electrons. The van der Waals surface area contributed by atoms with Crippen LogP contribution in [0.2, 0.25) is 5.02 Å². The minimum absolute atomic E-state index is 0.0444. The number of aryl methyl sites for hydroxylation is 2. The second-order valence-corrected chi connectivity index (χ2v) is 7.88. The molecule has 6 nitrogen and oxygen atoms in total. The number of hydrogen-bond donors (Lipinski definition) is 2. The number of rotatable bonds is 7. The third-order valence-electron chi connectivity index (χ3n) is 3.84. The van der Waals surface area contributed by atoms with E-state index < -0.39 is 15.9 Å². The molecule has 2 aromatic rings. The molecule has 2 rings (SSSR count). The van der Waals surface area contributed by atoms with E-state index in [-0.39, 0.29) is 15.5 Å². The van der Waals surface area contributed by atoms with Gasteiger partial charge in [0, 0.05) is 19.3 Å². The van der Waals surface area contributed by atoms with Gasteiger partial charge in [-0.1, -0.05) is 17.7 Å². The first-order valence-corrected chi connectivity index (χ1v) is 9.77. The van der Waals surface area contributed by atoms with Crippen LogP contribution in [0.4, 0.5) is 5.69 Å². The van der Waals surface area contributed by atoms with Crippen molar-refractivity contribution in [3.8, 4) is 0 Å². The summed E-state index contributed by atoms with van der Waals surface area (Å²) < 4.78 is 32.7. The van der Waals surface area contributed by atoms with Crippen LogP contribution in [0.1, 0.15) is 21.5 Å². The molecule has 0 saturated carbocycles. The van der Waals surface area contributed by atoms with Gasteiger partial charge in [0.15, 0.2) is 0 Å². The van der Waals surface area contributed by atoms with Gasteiger partial charge in [0.05, 0.1) is 22.1 Å². The highest BCUT2D eigenvalue weighted by molar-refractivity contribution is 7.92. The lowest BCUT2D eigenvalue weighted by atomic mass is 10.1. The van der Waals surface area contributed by atoms with Gasteiger partial charge in [-0.2, -0.15) is 0 Å². The van der Waals surface area contributed by atoms with Crippen LogP contribution in [0, 0.1) is 13.8 Å². The monoisotopic (exact) mass is 396 g/mol. The van der Waals surface area contributed by atoms with Gasteiger partial charge in [0.2, 0.25) is 0 Å². The molecule has 0 aromatic heterocycles. The zero-order valence-corrected chi connectivity index (χ0v) is 16.4. The molecule has 1 amide bonds. The molecule has 0 bridgehead atoms. The maximum absolute atomic E-state index is 12.6. The summed E-state index contributed by atoms with van der Waals surface area (Å²) in [5.41, 5.74) is 2.58. The van der Waals surface area contributed by atoms with Gasteiger partial charge in [0.25, 0.3) is 15.9 Å². The van der Waals surface area contributed by atoms with Crippen LogP contribution in [-0.2, 0) is 14.8 Å². The molecular formula is C18H21ClN2O4S. The maximum atomic E-state index is 12.6. The number of anilines is 1. The number of amides is 1. The Balaban J connectivity index is 2.27. The van der Waals surface area contributed by atoms with Gasteiger partial charge in [-0.3, -0.25) is 9.52 Å². The average Bonchev–Trinajstić information content (AvgIpc) is 2.58. The Morgan fingerprint density at radius 3 is 2.50 bits per heavy atom. The Bertz CT molecular complexity index is 913. The molecule has 0 heterocycles. The first kappa shape index (κ1) is 20.2. The SMILES string of the molecule is COCCNC(=O)c1cc(S(=O)(=O)Nc2ccc(C)c(C)c2)ccc1Cl. The van der Waals surface area contributed by atoms with E-state index >= 15 is 0 Å². The lowest BCUT2D eigenvalue weighted by Crippen LogP contribution is -2.27. The number of sulfonamides is 1. The van der Waals surface area contributed by atoms with Crippen molar-refractivity contribution >= 4 is 33.2 Å². The number of ether oxygens (including phenoxy) is 1. The molecule has 26 heavy (non-hydrogen) atoms. The highest BCUT2D eigenvalue weighted by atomic mass is 35.5. The van der Waals surface area contributed by atoms with Crippen LogP contribution in [0.3, 0.4) is 0 Å². The summed E-state index contributed by atoms with van der Waals surface area (Å²) in [6.45, 7) is 4.48. The zero-order valence-electron chi connectivity index (χ0n) is 14.8. The maximum Gasteiger partial charge on any atom is 0.261 e. The highest BCUT2D eigenvalue weighted by Gasteiger charge is 2.19. The van der Waals surface area contributed by atoms with Gasteiger partial charge in [0.1, 0.15) is 0 Å². The minimum atomic E-state index is -3.85. The molecule has 0 radical (unpaired) electrons. The number of benzene rings is 2. The number of carbonyl (C=O) groups is 1. The smallest absolute Gasteiger partial charge is 0.261 e. The molecule has 0 unspecified atom stereocenters. The van der Waals surface area contributed by atoms with Crippen molar-refractivity contribution in [3.05, 3.63) is 58.1 Å². The Hall–Kier alpha value is -2.09. The predicted molar refractivity (Wildman–Crippen MR) is 102 cm³/mol. The van der Waals surface area contributed by atoms with Crippen LogP contribution in [0.15, 0.2) is 41.3 Å². The number of halogens is 1. The van der Waals surface area contributed by atoms with Crippen LogP contribution in [0.5, 0.6) is 0 Å². The van der Waals surface area contributed by atoms with E-state index in [0.717, 1.165) is 11.1 Å². The summed E-state index contributed by atoms with van der Waals surface area (Å²) in [5, 5.41) is 2.79. The Morgan fingerprint density at radius 2 is 1.85 bits per heavy atom. The summed E-state index contributed by atoms with van der Waals surface area (Å²) in [6.07, 6.45) is 0. The van der Waals surface area contributed by atoms with E-state index in [1.807, 2.05) is 19.9 Å². The summed E-state index contributed by atoms with van der Waals surface area (Å²) in [7, 11) is -2.34. The highest BCUT2D eigenvalue weighted by Crippen LogP contribution is 2.23. The standard InChI is InChI=1S/C18H21ClN2O4S/c1-12-4-5-14(10-13(12)2)21-26(23,24)15-6-7-17(19)16(11-15)18(22)20-8-9-25-3/h4-7,10-11,21H,8-9H2,1-3H3,(H,20,22). The van der Waals surface area contributed by atoms with Crippen molar-refractivity contribution in [1.29, 1.82) is 0 Å². The number of carbonyl (C=O) groups excluding carboxylic acids is 1. The van der Waals surface area contributed by atoms with Crippen molar-refractivity contribution in [1.82, 2.24) is 5.32 Å². The normalized spacial score (nSPS) is 11.2. The summed E-state index contributed by atoms with van der Waals surface area (Å²) in [5.74, 6) is -0.463. The fourth-order valence-electron chi connectivity index (χ4n) is 2.23. The zero-order chi connectivity index (χ0) is 19.3. The van der Waals surface area contributed by atoms with E-state index in [1.165, 1.54) is 25.3 Å². The summed E-state index contributed by atoms with van der Waals surface area (Å²) >= 11 is 6.05. The minimum Gasteiger partial charge on any atom is -0.383 e. The molecule has 2 aromatic carbocycles. The Kier molecular flexibility index (Phi) is 6.63. The first-order valence-electron chi connectivity index (χ1n) is 7.91. The van der Waals surface area contributed by atoms with Crippen molar-refractivity contribution in [2.24, 2.45) is 0 Å². The molecule has 0 fully saturated rings. The van der Waals surface area contributed by atoms with E-state index in [9.17, 15) is 13.2 Å². The first-order chi connectivity index (χ1) is 12.2. The molecule has 0 atom stereocenters. The fourth-order valence-corrected chi connectivity index (χ4v) is 3.51. The molecule has 0 aliphatic heterocycles. The average molecular weight is 397 g/mol. The van der Waals surface area contributed by atoms with Crippen LogP contribution in [-0.4, -0.2) is 34.6 Å². The quantitative estimate of drug-likeness (QED) is 0.704. The van der Waals surface area contributed by atoms with Crippen LogP contribution in [0.25, 0.3) is 0 Å². The van der Waals surface area contributed by atoms with Crippen molar-refractivity contribution in [2.45, 2.75) is 18.7 Å². The van der Waals surface area contributed by atoms with Gasteiger partial charge in [-0.15, -0.1) is 0 Å². The van der Waals surface area contributed by atoms with E-state index in [0.29, 0.717) is 18.8 Å². The molecule has 0 saturated heterocycles. The van der Waals surface area contributed by atoms with Gasteiger partial charge in [-0.25, -0.2) is 8.42 Å². The van der Waals surface area contributed by atoms with Crippen molar-refractivity contribution < 1.29 is 17.9 Å². The number of nitrogens with one attached hydrogen (secondary N) is 2. The topological polar surface area (TPSA) is 84.5 Å². The molecule has 0 aliphatic carbocycles. The van der Waals surface area contributed by atoms with E-state index in [1.54, 1.807) is 12.1 Å². The second kappa shape index (κ2) is 8.53. The van der Waals surface area contributed by atoms with E-state index in [4.69, 9.17) is 16.3 Å². The van der Waals surface area contributed by atoms with Crippen molar-refractivity contribution in [2.75, 3.05) is 25.0 Å². The van der Waals surface area contributed by atoms with Crippen LogP contribution < -0.4 is 10.0 Å².